The van der Waals surface area contributed by atoms with Crippen molar-refractivity contribution in [1.29, 1.82) is 0 Å². The third-order valence-corrected chi connectivity index (χ3v) is 3.46. The summed E-state index contributed by atoms with van der Waals surface area (Å²) in [5, 5.41) is 3.25. The van der Waals surface area contributed by atoms with Crippen LogP contribution in [0.25, 0.3) is 11.1 Å². The van der Waals surface area contributed by atoms with Crippen LogP contribution in [0.5, 0.6) is 0 Å². The number of benzene rings is 1. The molecule has 0 aliphatic heterocycles. The normalized spacial score (nSPS) is 15.4. The number of halogens is 4. The van der Waals surface area contributed by atoms with Gasteiger partial charge in [-0.1, -0.05) is 6.07 Å². The molecule has 2 aromatic rings. The number of rotatable bonds is 4. The fourth-order valence-corrected chi connectivity index (χ4v) is 2.17. The monoisotopic (exact) mass is 299 g/mol. The zero-order chi connectivity index (χ0) is 15.0. The molecule has 0 amide bonds. The smallest absolute Gasteiger partial charge is 0.419 e. The zero-order valence-electron chi connectivity index (χ0n) is 11.0. The molecule has 0 saturated heterocycles. The van der Waals surface area contributed by atoms with E-state index >= 15 is 0 Å². The minimum absolute atomic E-state index is 0.377. The SMILES string of the molecule is Fc1cc(-c2ccoc2CNC2CC2)ccc1C(F)(F)F. The van der Waals surface area contributed by atoms with E-state index in [1.54, 1.807) is 6.07 Å². The molecule has 1 aromatic heterocycles. The summed E-state index contributed by atoms with van der Waals surface area (Å²) in [5.74, 6) is -0.677. The van der Waals surface area contributed by atoms with Gasteiger partial charge >= 0.3 is 6.18 Å². The Kier molecular flexibility index (Phi) is 3.49. The number of hydrogen-bond acceptors (Lipinski definition) is 2. The Morgan fingerprint density at radius 1 is 1.19 bits per heavy atom. The second-order valence-electron chi connectivity index (χ2n) is 5.11. The van der Waals surface area contributed by atoms with Crippen LogP contribution in [0, 0.1) is 5.82 Å². The van der Waals surface area contributed by atoms with E-state index in [2.05, 4.69) is 5.32 Å². The van der Waals surface area contributed by atoms with Gasteiger partial charge in [-0.25, -0.2) is 4.39 Å². The van der Waals surface area contributed by atoms with Crippen LogP contribution < -0.4 is 5.32 Å². The minimum Gasteiger partial charge on any atom is -0.467 e. The summed E-state index contributed by atoms with van der Waals surface area (Å²) in [6.07, 6.45) is -1.000. The maximum Gasteiger partial charge on any atom is 0.419 e. The van der Waals surface area contributed by atoms with Crippen molar-refractivity contribution < 1.29 is 22.0 Å². The molecule has 0 bridgehead atoms. The summed E-state index contributed by atoms with van der Waals surface area (Å²) in [6.45, 7) is 0.482. The van der Waals surface area contributed by atoms with Gasteiger partial charge in [0.2, 0.25) is 0 Å². The third kappa shape index (κ3) is 3.10. The number of hydrogen-bond donors (Lipinski definition) is 1. The average Bonchev–Trinajstić information content (AvgIpc) is 3.11. The highest BCUT2D eigenvalue weighted by Crippen LogP contribution is 2.34. The van der Waals surface area contributed by atoms with Crippen LogP contribution in [0.2, 0.25) is 0 Å². The lowest BCUT2D eigenvalue weighted by molar-refractivity contribution is -0.139. The number of furan rings is 1. The molecule has 0 atom stereocenters. The minimum atomic E-state index is -4.69. The molecule has 21 heavy (non-hydrogen) atoms. The highest BCUT2D eigenvalue weighted by Gasteiger charge is 2.34. The van der Waals surface area contributed by atoms with E-state index in [0.29, 0.717) is 29.5 Å². The Hall–Kier alpha value is -1.82. The maximum absolute atomic E-state index is 13.6. The van der Waals surface area contributed by atoms with Gasteiger partial charge in [-0.3, -0.25) is 0 Å². The summed E-state index contributed by atoms with van der Waals surface area (Å²) in [7, 11) is 0. The van der Waals surface area contributed by atoms with Crippen molar-refractivity contribution in [1.82, 2.24) is 5.32 Å². The van der Waals surface area contributed by atoms with Crippen molar-refractivity contribution in [3.05, 3.63) is 47.7 Å². The molecule has 1 saturated carbocycles. The van der Waals surface area contributed by atoms with Crippen LogP contribution >= 0.6 is 0 Å². The highest BCUT2D eigenvalue weighted by atomic mass is 19.4. The Bertz CT molecular complexity index is 643. The predicted molar refractivity (Wildman–Crippen MR) is 69.0 cm³/mol. The highest BCUT2D eigenvalue weighted by molar-refractivity contribution is 5.66. The van der Waals surface area contributed by atoms with E-state index in [-0.39, 0.29) is 0 Å². The largest absolute Gasteiger partial charge is 0.467 e. The first-order valence-electron chi connectivity index (χ1n) is 6.62. The van der Waals surface area contributed by atoms with Crippen molar-refractivity contribution in [2.75, 3.05) is 0 Å². The van der Waals surface area contributed by atoms with E-state index in [0.717, 1.165) is 25.0 Å². The van der Waals surface area contributed by atoms with Crippen molar-refractivity contribution in [3.8, 4) is 11.1 Å². The Labute approximate surface area is 118 Å². The first-order valence-corrected chi connectivity index (χ1v) is 6.62. The molecule has 1 fully saturated rings. The topological polar surface area (TPSA) is 25.2 Å². The van der Waals surface area contributed by atoms with Gasteiger partial charge in [0, 0.05) is 11.6 Å². The molecule has 3 rings (SSSR count). The molecule has 112 valence electrons. The van der Waals surface area contributed by atoms with Gasteiger partial charge in [0.15, 0.2) is 0 Å². The van der Waals surface area contributed by atoms with Gasteiger partial charge in [0.25, 0.3) is 0 Å². The molecule has 1 aromatic carbocycles. The van der Waals surface area contributed by atoms with E-state index < -0.39 is 17.6 Å². The van der Waals surface area contributed by atoms with Crippen molar-refractivity contribution >= 4 is 0 Å². The number of alkyl halides is 3. The Morgan fingerprint density at radius 3 is 2.57 bits per heavy atom. The Morgan fingerprint density at radius 2 is 1.95 bits per heavy atom. The lowest BCUT2D eigenvalue weighted by atomic mass is 10.0. The van der Waals surface area contributed by atoms with Crippen LogP contribution in [0.15, 0.2) is 34.9 Å². The quantitative estimate of drug-likeness (QED) is 0.849. The van der Waals surface area contributed by atoms with E-state index in [4.69, 9.17) is 4.42 Å². The van der Waals surface area contributed by atoms with Gasteiger partial charge in [-0.05, 0) is 36.6 Å². The summed E-state index contributed by atoms with van der Waals surface area (Å²) < 4.78 is 56.6. The molecule has 0 unspecified atom stereocenters. The number of nitrogens with one attached hydrogen (secondary N) is 1. The Balaban J connectivity index is 1.86. The summed E-state index contributed by atoms with van der Waals surface area (Å²) in [4.78, 5) is 0. The van der Waals surface area contributed by atoms with Crippen LogP contribution in [-0.4, -0.2) is 6.04 Å². The molecular formula is C15H13F4NO. The maximum atomic E-state index is 13.6. The first-order chi connectivity index (χ1) is 9.95. The molecule has 1 heterocycles. The van der Waals surface area contributed by atoms with E-state index in [1.165, 1.54) is 12.3 Å². The molecular weight excluding hydrogens is 286 g/mol. The van der Waals surface area contributed by atoms with Gasteiger partial charge in [-0.15, -0.1) is 0 Å². The molecule has 1 aliphatic rings. The fourth-order valence-electron chi connectivity index (χ4n) is 2.17. The van der Waals surface area contributed by atoms with Crippen LogP contribution in [-0.2, 0) is 12.7 Å². The first kappa shape index (κ1) is 14.1. The second kappa shape index (κ2) is 5.18. The van der Waals surface area contributed by atoms with Crippen molar-refractivity contribution in [2.45, 2.75) is 31.6 Å². The van der Waals surface area contributed by atoms with Gasteiger partial charge in [0.1, 0.15) is 11.6 Å². The van der Waals surface area contributed by atoms with Crippen LogP contribution in [0.4, 0.5) is 17.6 Å². The molecule has 1 N–H and O–H groups in total. The van der Waals surface area contributed by atoms with Gasteiger partial charge in [0.05, 0.1) is 18.4 Å². The van der Waals surface area contributed by atoms with E-state index in [9.17, 15) is 17.6 Å². The molecule has 0 spiro atoms. The lowest BCUT2D eigenvalue weighted by Gasteiger charge is -2.10. The fraction of sp³-hybridized carbons (Fsp3) is 0.333. The predicted octanol–water partition coefficient (Wildman–Crippen LogP) is 4.36. The lowest BCUT2D eigenvalue weighted by Crippen LogP contribution is -2.15. The third-order valence-electron chi connectivity index (χ3n) is 3.46. The summed E-state index contributed by atoms with van der Waals surface area (Å²) in [5.41, 5.74) is -0.273. The van der Waals surface area contributed by atoms with Crippen LogP contribution in [0.1, 0.15) is 24.2 Å². The summed E-state index contributed by atoms with van der Waals surface area (Å²) >= 11 is 0. The molecule has 6 heteroatoms. The zero-order valence-corrected chi connectivity index (χ0v) is 11.0. The standard InChI is InChI=1S/C15H13F4NO/c16-13-7-9(1-4-12(13)15(17,18)19)11-5-6-21-14(11)8-20-10-2-3-10/h1,4-7,10,20H,2-3,8H2. The van der Waals surface area contributed by atoms with E-state index in [1.807, 2.05) is 0 Å². The van der Waals surface area contributed by atoms with Crippen molar-refractivity contribution in [3.63, 3.8) is 0 Å². The average molecular weight is 299 g/mol. The van der Waals surface area contributed by atoms with Gasteiger partial charge in [-0.2, -0.15) is 13.2 Å². The molecule has 1 aliphatic carbocycles. The summed E-state index contributed by atoms with van der Waals surface area (Å²) in [6, 6.07) is 5.03. The van der Waals surface area contributed by atoms with Crippen molar-refractivity contribution in [2.24, 2.45) is 0 Å². The molecule has 0 radical (unpaired) electrons. The van der Waals surface area contributed by atoms with Crippen LogP contribution in [0.3, 0.4) is 0 Å². The second-order valence-corrected chi connectivity index (χ2v) is 5.11. The van der Waals surface area contributed by atoms with Gasteiger partial charge < -0.3 is 9.73 Å². The molecule has 2 nitrogen and oxygen atoms in total.